The number of anilines is 4. The van der Waals surface area contributed by atoms with Gasteiger partial charge < -0.3 is 25.2 Å². The van der Waals surface area contributed by atoms with Crippen molar-refractivity contribution in [3.63, 3.8) is 0 Å². The highest BCUT2D eigenvalue weighted by atomic mass is 19.4. The maximum absolute atomic E-state index is 13.5. The van der Waals surface area contributed by atoms with Gasteiger partial charge in [0.1, 0.15) is 5.75 Å². The van der Waals surface area contributed by atoms with Gasteiger partial charge in [0, 0.05) is 66.1 Å². The summed E-state index contributed by atoms with van der Waals surface area (Å²) in [7, 11) is 0. The zero-order chi connectivity index (χ0) is 38.3. The van der Waals surface area contributed by atoms with Crippen molar-refractivity contribution in [2.45, 2.75) is 51.6 Å². The molecule has 0 unspecified atom stereocenters. The molecule has 53 heavy (non-hydrogen) atoms. The molecule has 7 nitrogen and oxygen atoms in total. The van der Waals surface area contributed by atoms with Crippen molar-refractivity contribution in [1.82, 2.24) is 0 Å². The largest absolute Gasteiger partial charge is 0.435 e. The molecule has 2 N–H and O–H groups in total. The molecule has 0 radical (unpaired) electrons. The molecule has 282 valence electrons. The van der Waals surface area contributed by atoms with E-state index in [9.17, 15) is 44.7 Å². The lowest BCUT2D eigenvalue weighted by Gasteiger charge is -2.23. The van der Waals surface area contributed by atoms with E-state index >= 15 is 0 Å². The van der Waals surface area contributed by atoms with Gasteiger partial charge in [-0.25, -0.2) is 0 Å². The molecule has 2 fully saturated rings. The normalized spacial score (nSPS) is 14.5. The first-order chi connectivity index (χ1) is 25.1. The van der Waals surface area contributed by atoms with Crippen LogP contribution in [0.5, 0.6) is 5.75 Å². The fourth-order valence-corrected chi connectivity index (χ4v) is 6.16. The molecule has 0 atom stereocenters. The topological polar surface area (TPSA) is 73.9 Å². The third-order valence-corrected chi connectivity index (χ3v) is 8.61. The molecule has 0 saturated carbocycles. The first-order valence-electron chi connectivity index (χ1n) is 16.7. The predicted molar refractivity (Wildman–Crippen MR) is 186 cm³/mol. The Kier molecular flexibility index (Phi) is 12.1. The Hall–Kier alpha value is -5.34. The number of benzene rings is 4. The lowest BCUT2D eigenvalue weighted by atomic mass is 10.1. The molecule has 2 heterocycles. The number of alkyl halides is 8. The van der Waals surface area contributed by atoms with Gasteiger partial charge in [-0.05, 0) is 98.8 Å². The Balaban J connectivity index is 0.000000206. The Morgan fingerprint density at radius 1 is 0.623 bits per heavy atom. The molecule has 4 aromatic carbocycles. The van der Waals surface area contributed by atoms with Crippen LogP contribution in [0.15, 0.2) is 84.9 Å². The standard InChI is InChI=1S/C19H17F5N2O2.C19H19F3N2O/c20-18(21)28-14-5-3-4-13(11-14)25-17(27)12-6-7-16(26-8-1-2-9-26)15(10-12)19(22,23)24;1-13-5-4-6-15(11-13)23-18(25)14-7-8-17(24-9-2-3-10-24)16(12-14)19(20,21)22/h3-7,10-11,18H,1-2,8-9H2,(H,25,27);4-8,11-12H,2-3,9-10H2,1H3,(H,23,25). The van der Waals surface area contributed by atoms with Crippen LogP contribution >= 0.6 is 0 Å². The number of carbonyl (C=O) groups excluding carboxylic acids is 2. The average molecular weight is 749 g/mol. The molecule has 0 aliphatic carbocycles. The van der Waals surface area contributed by atoms with Crippen molar-refractivity contribution in [3.8, 4) is 5.75 Å². The minimum absolute atomic E-state index is 0.00298. The van der Waals surface area contributed by atoms with Crippen molar-refractivity contribution in [2.75, 3.05) is 46.6 Å². The summed E-state index contributed by atoms with van der Waals surface area (Å²) in [5.74, 6) is -1.51. The van der Waals surface area contributed by atoms with E-state index in [1.165, 1.54) is 42.5 Å². The summed E-state index contributed by atoms with van der Waals surface area (Å²) in [4.78, 5) is 28.1. The van der Waals surface area contributed by atoms with Crippen LogP contribution in [0.3, 0.4) is 0 Å². The number of amides is 2. The molecule has 0 aromatic heterocycles. The number of rotatable bonds is 8. The highest BCUT2D eigenvalue weighted by Crippen LogP contribution is 2.40. The zero-order valence-corrected chi connectivity index (χ0v) is 28.5. The van der Waals surface area contributed by atoms with Gasteiger partial charge in [0.25, 0.3) is 11.8 Å². The summed E-state index contributed by atoms with van der Waals surface area (Å²) in [6.07, 6.45) is -5.72. The highest BCUT2D eigenvalue weighted by Gasteiger charge is 2.37. The number of hydrogen-bond acceptors (Lipinski definition) is 5. The number of halogens is 8. The van der Waals surface area contributed by atoms with E-state index in [2.05, 4.69) is 15.4 Å². The van der Waals surface area contributed by atoms with Crippen LogP contribution in [0.1, 0.15) is 63.1 Å². The Bertz CT molecular complexity index is 1900. The molecule has 6 rings (SSSR count). The fourth-order valence-electron chi connectivity index (χ4n) is 6.16. The van der Waals surface area contributed by atoms with Gasteiger partial charge in [0.2, 0.25) is 0 Å². The van der Waals surface area contributed by atoms with Gasteiger partial charge in [-0.2, -0.15) is 35.1 Å². The minimum Gasteiger partial charge on any atom is -0.435 e. The number of ether oxygens (including phenoxy) is 1. The van der Waals surface area contributed by atoms with Crippen LogP contribution in [-0.2, 0) is 12.4 Å². The average Bonchev–Trinajstić information content (AvgIpc) is 3.83. The van der Waals surface area contributed by atoms with Gasteiger partial charge >= 0.3 is 19.0 Å². The van der Waals surface area contributed by atoms with E-state index in [1.54, 1.807) is 28.0 Å². The van der Waals surface area contributed by atoms with Gasteiger partial charge in [0.15, 0.2) is 0 Å². The number of nitrogens with one attached hydrogen (secondary N) is 2. The molecule has 15 heteroatoms. The van der Waals surface area contributed by atoms with E-state index in [4.69, 9.17) is 0 Å². The lowest BCUT2D eigenvalue weighted by Crippen LogP contribution is -2.23. The number of hydrogen-bond donors (Lipinski definition) is 2. The summed E-state index contributed by atoms with van der Waals surface area (Å²) in [6.45, 7) is 1.13. The monoisotopic (exact) mass is 748 g/mol. The van der Waals surface area contributed by atoms with E-state index in [-0.39, 0.29) is 33.9 Å². The fraction of sp³-hybridized carbons (Fsp3) is 0.316. The molecule has 2 saturated heterocycles. The Morgan fingerprint density at radius 2 is 1.06 bits per heavy atom. The molecule has 2 amide bonds. The first kappa shape index (κ1) is 38.9. The summed E-state index contributed by atoms with van der Waals surface area (Å²) >= 11 is 0. The maximum Gasteiger partial charge on any atom is 0.418 e. The molecule has 4 aromatic rings. The summed E-state index contributed by atoms with van der Waals surface area (Å²) in [5.41, 5.74) is 0.0158. The second-order valence-electron chi connectivity index (χ2n) is 12.5. The van der Waals surface area contributed by atoms with Crippen LogP contribution in [0.2, 0.25) is 0 Å². The molecular weight excluding hydrogens is 712 g/mol. The Labute approximate surface area is 300 Å². The molecule has 2 aliphatic rings. The quantitative estimate of drug-likeness (QED) is 0.176. The highest BCUT2D eigenvalue weighted by molar-refractivity contribution is 6.05. The van der Waals surface area contributed by atoms with Crippen LogP contribution < -0.4 is 25.2 Å². The van der Waals surface area contributed by atoms with Crippen LogP contribution in [0.4, 0.5) is 57.9 Å². The van der Waals surface area contributed by atoms with Gasteiger partial charge in [-0.15, -0.1) is 0 Å². The third-order valence-electron chi connectivity index (χ3n) is 8.61. The lowest BCUT2D eigenvalue weighted by molar-refractivity contribution is -0.138. The van der Waals surface area contributed by atoms with Gasteiger partial charge in [-0.1, -0.05) is 18.2 Å². The van der Waals surface area contributed by atoms with Crippen LogP contribution in [0.25, 0.3) is 0 Å². The SMILES string of the molecule is Cc1cccc(NC(=O)c2ccc(N3CCCC3)c(C(F)(F)F)c2)c1.O=C(Nc1cccc(OC(F)F)c1)c1ccc(N2CCCC2)c(C(F)(F)F)c1. The van der Waals surface area contributed by atoms with Crippen molar-refractivity contribution < 1.29 is 49.4 Å². The van der Waals surface area contributed by atoms with Gasteiger partial charge in [0.05, 0.1) is 11.1 Å². The van der Waals surface area contributed by atoms with Crippen molar-refractivity contribution in [2.24, 2.45) is 0 Å². The second-order valence-corrected chi connectivity index (χ2v) is 12.5. The van der Waals surface area contributed by atoms with E-state index < -0.39 is 41.9 Å². The van der Waals surface area contributed by atoms with Crippen molar-refractivity contribution in [3.05, 3.63) is 113 Å². The van der Waals surface area contributed by atoms with Gasteiger partial charge in [-0.3, -0.25) is 9.59 Å². The smallest absolute Gasteiger partial charge is 0.418 e. The maximum atomic E-state index is 13.5. The van der Waals surface area contributed by atoms with Crippen LogP contribution in [-0.4, -0.2) is 44.6 Å². The predicted octanol–water partition coefficient (Wildman–Crippen LogP) is 10.0. The summed E-state index contributed by atoms with van der Waals surface area (Å²) < 4.78 is 110. The molecule has 0 spiro atoms. The third kappa shape index (κ3) is 10.4. The van der Waals surface area contributed by atoms with Crippen molar-refractivity contribution in [1.29, 1.82) is 0 Å². The number of carbonyl (C=O) groups is 2. The molecular formula is C38H36F8N4O3. The second kappa shape index (κ2) is 16.6. The van der Waals surface area contributed by atoms with Crippen molar-refractivity contribution >= 4 is 34.6 Å². The van der Waals surface area contributed by atoms with Crippen LogP contribution in [0, 0.1) is 6.92 Å². The summed E-state index contributed by atoms with van der Waals surface area (Å²) in [6, 6.07) is 19.6. The van der Waals surface area contributed by atoms with E-state index in [0.717, 1.165) is 49.4 Å². The zero-order valence-electron chi connectivity index (χ0n) is 28.5. The molecule has 2 aliphatic heterocycles. The number of aryl methyl sites for hydroxylation is 1. The van der Waals surface area contributed by atoms with E-state index in [1.807, 2.05) is 13.0 Å². The first-order valence-corrected chi connectivity index (χ1v) is 16.7. The molecule has 0 bridgehead atoms. The Morgan fingerprint density at radius 3 is 1.47 bits per heavy atom. The summed E-state index contributed by atoms with van der Waals surface area (Å²) in [5, 5.41) is 5.04. The minimum atomic E-state index is -4.61. The van der Waals surface area contributed by atoms with E-state index in [0.29, 0.717) is 31.9 Å². The number of nitrogens with zero attached hydrogens (tertiary/aromatic N) is 2.